The van der Waals surface area contributed by atoms with Gasteiger partial charge in [-0.2, -0.15) is 0 Å². The summed E-state index contributed by atoms with van der Waals surface area (Å²) in [6.45, 7) is 1.72. The molecule has 2 unspecified atom stereocenters. The Balaban J connectivity index is 1.75. The van der Waals surface area contributed by atoms with E-state index in [1.165, 1.54) is 0 Å². The zero-order valence-corrected chi connectivity index (χ0v) is 14.0. The van der Waals surface area contributed by atoms with Gasteiger partial charge in [-0.3, -0.25) is 9.59 Å². The summed E-state index contributed by atoms with van der Waals surface area (Å²) in [5.74, 6) is -0.170. The third kappa shape index (κ3) is 2.77. The molecule has 2 fully saturated rings. The van der Waals surface area contributed by atoms with Crippen molar-refractivity contribution in [2.75, 3.05) is 24.5 Å². The smallest absolute Gasteiger partial charge is 0.228 e. The molecule has 2 saturated heterocycles. The predicted octanol–water partition coefficient (Wildman–Crippen LogP) is 1.75. The van der Waals surface area contributed by atoms with E-state index in [1.807, 2.05) is 29.2 Å². The van der Waals surface area contributed by atoms with Gasteiger partial charge in [0.05, 0.1) is 11.6 Å². The molecule has 0 aromatic heterocycles. The minimum absolute atomic E-state index is 0.00810. The lowest BCUT2D eigenvalue weighted by Crippen LogP contribution is -2.43. The summed E-state index contributed by atoms with van der Waals surface area (Å²) in [7, 11) is 0. The third-order valence-electron chi connectivity index (χ3n) is 4.55. The average molecular weight is 366 g/mol. The topological polar surface area (TPSA) is 66.6 Å². The van der Waals surface area contributed by atoms with Gasteiger partial charge < -0.3 is 15.5 Å². The van der Waals surface area contributed by atoms with E-state index in [0.717, 1.165) is 29.5 Å². The van der Waals surface area contributed by atoms with Gasteiger partial charge in [0.2, 0.25) is 11.8 Å². The van der Waals surface area contributed by atoms with Crippen molar-refractivity contribution in [1.29, 1.82) is 0 Å². The molecule has 2 N–H and O–H groups in total. The monoisotopic (exact) mass is 365 g/mol. The van der Waals surface area contributed by atoms with E-state index in [9.17, 15) is 9.59 Å². The highest BCUT2D eigenvalue weighted by Crippen LogP contribution is 2.32. The molecule has 0 radical (unpaired) electrons. The van der Waals surface area contributed by atoms with E-state index in [-0.39, 0.29) is 30.2 Å². The summed E-state index contributed by atoms with van der Waals surface area (Å²) in [4.78, 5) is 28.6. The van der Waals surface area contributed by atoms with Crippen LogP contribution in [0, 0.1) is 5.92 Å². The predicted molar refractivity (Wildman–Crippen MR) is 88.4 cm³/mol. The van der Waals surface area contributed by atoms with Gasteiger partial charge in [-0.05, 0) is 40.9 Å². The highest BCUT2D eigenvalue weighted by molar-refractivity contribution is 9.10. The zero-order chi connectivity index (χ0) is 15.7. The molecule has 6 heteroatoms. The van der Waals surface area contributed by atoms with Gasteiger partial charge in [0.15, 0.2) is 0 Å². The quantitative estimate of drug-likeness (QED) is 0.887. The van der Waals surface area contributed by atoms with Gasteiger partial charge in [-0.15, -0.1) is 0 Å². The Morgan fingerprint density at radius 2 is 2.14 bits per heavy atom. The first kappa shape index (κ1) is 15.5. The summed E-state index contributed by atoms with van der Waals surface area (Å²) in [6, 6.07) is 7.75. The molecular formula is C16H20BrN3O2. The number of nitrogens with two attached hydrogens (primary N) is 1. The molecule has 3 rings (SSSR count). The van der Waals surface area contributed by atoms with Gasteiger partial charge in [-0.1, -0.05) is 12.1 Å². The van der Waals surface area contributed by atoms with E-state index in [0.29, 0.717) is 13.1 Å². The fourth-order valence-corrected chi connectivity index (χ4v) is 3.88. The van der Waals surface area contributed by atoms with Crippen molar-refractivity contribution >= 4 is 33.4 Å². The van der Waals surface area contributed by atoms with Crippen LogP contribution in [0.1, 0.15) is 19.3 Å². The van der Waals surface area contributed by atoms with Crippen LogP contribution in [-0.2, 0) is 9.59 Å². The van der Waals surface area contributed by atoms with Crippen LogP contribution >= 0.6 is 15.9 Å². The maximum absolute atomic E-state index is 12.7. The molecule has 0 bridgehead atoms. The Kier molecular flexibility index (Phi) is 4.49. The zero-order valence-electron chi connectivity index (χ0n) is 12.4. The molecule has 1 aromatic carbocycles. The van der Waals surface area contributed by atoms with Crippen molar-refractivity contribution in [3.8, 4) is 0 Å². The molecule has 5 nitrogen and oxygen atoms in total. The lowest BCUT2D eigenvalue weighted by molar-refractivity contribution is -0.136. The molecule has 2 aliphatic rings. The number of carbonyl (C=O) groups excluding carboxylic acids is 2. The summed E-state index contributed by atoms with van der Waals surface area (Å²) in [5.41, 5.74) is 6.58. The second-order valence-corrected chi connectivity index (χ2v) is 6.77. The highest BCUT2D eigenvalue weighted by atomic mass is 79.9. The number of benzene rings is 1. The standard InChI is InChI=1S/C16H20BrN3O2/c17-13-5-1-2-6-14(13)20-10-11(8-15(20)21)16(22)19-7-3-4-12(19)9-18/h1-2,5-6,11-12H,3-4,7-10,18H2. The van der Waals surface area contributed by atoms with Gasteiger partial charge in [0.25, 0.3) is 0 Å². The average Bonchev–Trinajstić information content (AvgIpc) is 3.13. The van der Waals surface area contributed by atoms with Crippen LogP contribution in [0.2, 0.25) is 0 Å². The van der Waals surface area contributed by atoms with Crippen molar-refractivity contribution < 1.29 is 9.59 Å². The Morgan fingerprint density at radius 3 is 2.86 bits per heavy atom. The third-order valence-corrected chi connectivity index (χ3v) is 5.22. The van der Waals surface area contributed by atoms with Crippen LogP contribution in [0.25, 0.3) is 0 Å². The fraction of sp³-hybridized carbons (Fsp3) is 0.500. The largest absolute Gasteiger partial charge is 0.338 e. The fourth-order valence-electron chi connectivity index (χ4n) is 3.38. The molecule has 2 amide bonds. The molecule has 0 aliphatic carbocycles. The van der Waals surface area contributed by atoms with E-state index < -0.39 is 0 Å². The van der Waals surface area contributed by atoms with E-state index >= 15 is 0 Å². The summed E-state index contributed by atoms with van der Waals surface area (Å²) in [5, 5.41) is 0. The van der Waals surface area contributed by atoms with Crippen molar-refractivity contribution in [3.05, 3.63) is 28.7 Å². The molecular weight excluding hydrogens is 346 g/mol. The van der Waals surface area contributed by atoms with Crippen molar-refractivity contribution in [1.82, 2.24) is 4.90 Å². The Bertz CT molecular complexity index is 593. The number of hydrogen-bond acceptors (Lipinski definition) is 3. The first-order valence-corrected chi connectivity index (χ1v) is 8.46. The summed E-state index contributed by atoms with van der Waals surface area (Å²) >= 11 is 3.47. The van der Waals surface area contributed by atoms with E-state index in [4.69, 9.17) is 5.73 Å². The second-order valence-electron chi connectivity index (χ2n) is 5.92. The van der Waals surface area contributed by atoms with Crippen LogP contribution in [-0.4, -0.2) is 42.4 Å². The lowest BCUT2D eigenvalue weighted by Gasteiger charge is -2.26. The maximum Gasteiger partial charge on any atom is 0.228 e. The number of hydrogen-bond donors (Lipinski definition) is 1. The molecule has 2 heterocycles. The number of likely N-dealkylation sites (tertiary alicyclic amines) is 1. The number of anilines is 1. The lowest BCUT2D eigenvalue weighted by atomic mass is 10.1. The van der Waals surface area contributed by atoms with Crippen LogP contribution in [0.15, 0.2) is 28.7 Å². The number of rotatable bonds is 3. The molecule has 1 aromatic rings. The summed E-state index contributed by atoms with van der Waals surface area (Å²) < 4.78 is 0.873. The van der Waals surface area contributed by atoms with Crippen LogP contribution < -0.4 is 10.6 Å². The first-order chi connectivity index (χ1) is 10.6. The number of carbonyl (C=O) groups is 2. The van der Waals surface area contributed by atoms with Gasteiger partial charge in [0.1, 0.15) is 0 Å². The van der Waals surface area contributed by atoms with Gasteiger partial charge >= 0.3 is 0 Å². The molecule has 2 aliphatic heterocycles. The number of halogens is 1. The van der Waals surface area contributed by atoms with Crippen LogP contribution in [0.5, 0.6) is 0 Å². The molecule has 118 valence electrons. The van der Waals surface area contributed by atoms with Crippen LogP contribution in [0.3, 0.4) is 0 Å². The van der Waals surface area contributed by atoms with Crippen molar-refractivity contribution in [2.24, 2.45) is 11.7 Å². The highest BCUT2D eigenvalue weighted by Gasteiger charge is 2.40. The number of amides is 2. The maximum atomic E-state index is 12.7. The van der Waals surface area contributed by atoms with Gasteiger partial charge in [-0.25, -0.2) is 0 Å². The Hall–Kier alpha value is -1.40. The van der Waals surface area contributed by atoms with E-state index in [1.54, 1.807) is 4.90 Å². The minimum atomic E-state index is -0.258. The molecule has 22 heavy (non-hydrogen) atoms. The Labute approximate surface area is 138 Å². The van der Waals surface area contributed by atoms with Crippen molar-refractivity contribution in [2.45, 2.75) is 25.3 Å². The number of para-hydroxylation sites is 1. The molecule has 2 atom stereocenters. The first-order valence-electron chi connectivity index (χ1n) is 7.67. The normalized spacial score (nSPS) is 25.1. The van der Waals surface area contributed by atoms with Crippen molar-refractivity contribution in [3.63, 3.8) is 0 Å². The second kappa shape index (κ2) is 6.38. The summed E-state index contributed by atoms with van der Waals surface area (Å²) in [6.07, 6.45) is 2.26. The van der Waals surface area contributed by atoms with Gasteiger partial charge in [0, 0.05) is 36.6 Å². The molecule has 0 saturated carbocycles. The van der Waals surface area contributed by atoms with Crippen LogP contribution in [0.4, 0.5) is 5.69 Å². The SMILES string of the molecule is NCC1CCCN1C(=O)C1CC(=O)N(c2ccccc2Br)C1. The van der Waals surface area contributed by atoms with E-state index in [2.05, 4.69) is 15.9 Å². The molecule has 0 spiro atoms. The number of nitrogens with zero attached hydrogens (tertiary/aromatic N) is 2. The Morgan fingerprint density at radius 1 is 1.36 bits per heavy atom. The minimum Gasteiger partial charge on any atom is -0.338 e.